The number of alkyl carbamates (subject to hydrolysis) is 1. The number of esters is 1. The predicted molar refractivity (Wildman–Crippen MR) is 123 cm³/mol. The first-order valence-corrected chi connectivity index (χ1v) is 11.0. The van der Waals surface area contributed by atoms with Crippen LogP contribution in [0.4, 0.5) is 20.6 Å². The molecule has 11 heteroatoms. The van der Waals surface area contributed by atoms with Crippen molar-refractivity contribution in [2.24, 2.45) is 0 Å². The fourth-order valence-electron chi connectivity index (χ4n) is 3.94. The van der Waals surface area contributed by atoms with Gasteiger partial charge in [0, 0.05) is 19.6 Å². The molecule has 2 heterocycles. The molecule has 0 bridgehead atoms. The third-order valence-corrected chi connectivity index (χ3v) is 5.42. The number of hydrogen-bond acceptors (Lipinski definition) is 8. The molecule has 0 spiro atoms. The Labute approximate surface area is 197 Å². The molecule has 0 aliphatic carbocycles. The molecule has 1 aromatic carbocycles. The molecule has 186 valence electrons. The minimum Gasteiger partial charge on any atom is -0.466 e. The second-order valence-corrected chi connectivity index (χ2v) is 9.16. The highest BCUT2D eigenvalue weighted by molar-refractivity contribution is 6.09. The minimum atomic E-state index is -0.683. The van der Waals surface area contributed by atoms with Gasteiger partial charge in [0.05, 0.1) is 43.3 Å². The first kappa shape index (κ1) is 25.3. The molecule has 0 radical (unpaired) electrons. The van der Waals surface area contributed by atoms with E-state index in [2.05, 4.69) is 10.6 Å². The maximum atomic E-state index is 14.2. The molecule has 1 saturated heterocycles. The molecule has 3 rings (SSSR count). The SMILES string of the molecule is COC(=O)C1=C(Nc2cc(F)ccc2N2CCC(NC(=O)OC(C)(C)C)C2)C(=O)N(CCO)C1. The summed E-state index contributed by atoms with van der Waals surface area (Å²) in [6.07, 6.45) is 0.139. The van der Waals surface area contributed by atoms with Crippen LogP contribution in [0.2, 0.25) is 0 Å². The number of halogens is 1. The smallest absolute Gasteiger partial charge is 0.407 e. The van der Waals surface area contributed by atoms with Gasteiger partial charge in [-0.3, -0.25) is 4.79 Å². The van der Waals surface area contributed by atoms with E-state index in [1.807, 2.05) is 4.90 Å². The van der Waals surface area contributed by atoms with Crippen LogP contribution in [0.15, 0.2) is 29.5 Å². The van der Waals surface area contributed by atoms with Gasteiger partial charge in [-0.15, -0.1) is 0 Å². The van der Waals surface area contributed by atoms with Crippen molar-refractivity contribution in [1.29, 1.82) is 0 Å². The number of carbonyl (C=O) groups is 3. The van der Waals surface area contributed by atoms with Crippen molar-refractivity contribution < 1.29 is 33.4 Å². The molecule has 1 unspecified atom stereocenters. The summed E-state index contributed by atoms with van der Waals surface area (Å²) in [5.41, 5.74) is 0.379. The van der Waals surface area contributed by atoms with Crippen molar-refractivity contribution in [1.82, 2.24) is 10.2 Å². The molecule has 0 aromatic heterocycles. The Hall–Kier alpha value is -3.34. The van der Waals surface area contributed by atoms with E-state index in [1.54, 1.807) is 26.8 Å². The number of ether oxygens (including phenoxy) is 2. The highest BCUT2D eigenvalue weighted by Gasteiger charge is 2.35. The molecule has 1 fully saturated rings. The number of amides is 2. The monoisotopic (exact) mass is 478 g/mol. The summed E-state index contributed by atoms with van der Waals surface area (Å²) in [6, 6.07) is 3.95. The van der Waals surface area contributed by atoms with Crippen LogP contribution in [0.5, 0.6) is 0 Å². The molecule has 1 aromatic rings. The summed E-state index contributed by atoms with van der Waals surface area (Å²) in [7, 11) is 1.21. The largest absolute Gasteiger partial charge is 0.466 e. The molecule has 10 nitrogen and oxygen atoms in total. The van der Waals surface area contributed by atoms with Crippen molar-refractivity contribution >= 4 is 29.3 Å². The number of anilines is 2. The van der Waals surface area contributed by atoms with E-state index in [1.165, 1.54) is 24.1 Å². The van der Waals surface area contributed by atoms with E-state index < -0.39 is 29.4 Å². The summed E-state index contributed by atoms with van der Waals surface area (Å²) >= 11 is 0. The number of aliphatic hydroxyl groups is 1. The van der Waals surface area contributed by atoms with Gasteiger partial charge in [0.15, 0.2) is 0 Å². The summed E-state index contributed by atoms with van der Waals surface area (Å²) in [5, 5.41) is 15.0. The summed E-state index contributed by atoms with van der Waals surface area (Å²) in [6.45, 7) is 6.14. The van der Waals surface area contributed by atoms with Gasteiger partial charge in [-0.25, -0.2) is 14.0 Å². The zero-order valence-corrected chi connectivity index (χ0v) is 19.8. The molecule has 2 aliphatic heterocycles. The van der Waals surface area contributed by atoms with Crippen LogP contribution in [0, 0.1) is 5.82 Å². The number of carbonyl (C=O) groups excluding carboxylic acids is 3. The number of benzene rings is 1. The van der Waals surface area contributed by atoms with Crippen molar-refractivity contribution in [2.75, 3.05) is 50.1 Å². The van der Waals surface area contributed by atoms with E-state index >= 15 is 0 Å². The van der Waals surface area contributed by atoms with Gasteiger partial charge in [0.2, 0.25) is 0 Å². The maximum Gasteiger partial charge on any atom is 0.407 e. The summed E-state index contributed by atoms with van der Waals surface area (Å²) in [4.78, 5) is 40.5. The lowest BCUT2D eigenvalue weighted by Crippen LogP contribution is -2.40. The van der Waals surface area contributed by atoms with Crippen LogP contribution in [0.1, 0.15) is 27.2 Å². The Morgan fingerprint density at radius 1 is 1.29 bits per heavy atom. The number of hydrogen-bond donors (Lipinski definition) is 3. The lowest BCUT2D eigenvalue weighted by atomic mass is 10.2. The number of nitrogens with one attached hydrogen (secondary N) is 2. The van der Waals surface area contributed by atoms with Gasteiger partial charge < -0.3 is 35.0 Å². The third kappa shape index (κ3) is 5.96. The van der Waals surface area contributed by atoms with Crippen LogP contribution in [0.25, 0.3) is 0 Å². The molecule has 1 atom stereocenters. The molecule has 34 heavy (non-hydrogen) atoms. The fourth-order valence-corrected chi connectivity index (χ4v) is 3.94. The van der Waals surface area contributed by atoms with Crippen molar-refractivity contribution in [3.05, 3.63) is 35.3 Å². The lowest BCUT2D eigenvalue weighted by Gasteiger charge is -2.24. The van der Waals surface area contributed by atoms with E-state index in [4.69, 9.17) is 9.47 Å². The van der Waals surface area contributed by atoms with Crippen LogP contribution < -0.4 is 15.5 Å². The molecular weight excluding hydrogens is 447 g/mol. The number of methoxy groups -OCH3 is 1. The second-order valence-electron chi connectivity index (χ2n) is 9.16. The Morgan fingerprint density at radius 2 is 2.03 bits per heavy atom. The molecular formula is C23H31FN4O6. The Kier molecular flexibility index (Phi) is 7.65. The van der Waals surface area contributed by atoms with Crippen LogP contribution in [-0.4, -0.2) is 79.5 Å². The zero-order valence-electron chi connectivity index (χ0n) is 19.8. The fraction of sp³-hybridized carbons (Fsp3) is 0.522. The molecule has 2 amide bonds. The van der Waals surface area contributed by atoms with Gasteiger partial charge in [-0.1, -0.05) is 0 Å². The molecule has 2 aliphatic rings. The highest BCUT2D eigenvalue weighted by atomic mass is 19.1. The average molecular weight is 479 g/mol. The van der Waals surface area contributed by atoms with Crippen LogP contribution in [0.3, 0.4) is 0 Å². The quantitative estimate of drug-likeness (QED) is 0.506. The van der Waals surface area contributed by atoms with Gasteiger partial charge in [0.25, 0.3) is 5.91 Å². The van der Waals surface area contributed by atoms with Crippen molar-refractivity contribution in [2.45, 2.75) is 38.8 Å². The molecule has 3 N–H and O–H groups in total. The number of nitrogens with zero attached hydrogens (tertiary/aromatic N) is 2. The third-order valence-electron chi connectivity index (χ3n) is 5.42. The standard InChI is InChI=1S/C23H31FN4O6/c1-23(2,3)34-22(32)25-15-7-8-27(12-15)18-6-5-14(24)11-17(18)26-19-16(21(31)33-4)13-28(9-10-29)20(19)30/h5-6,11,15,26,29H,7-10,12-13H2,1-4H3,(H,25,32). The topological polar surface area (TPSA) is 120 Å². The Balaban J connectivity index is 1.81. The van der Waals surface area contributed by atoms with E-state index in [0.29, 0.717) is 30.9 Å². The highest BCUT2D eigenvalue weighted by Crippen LogP contribution is 2.33. The molecule has 0 saturated carbocycles. The van der Waals surface area contributed by atoms with E-state index in [-0.39, 0.29) is 37.0 Å². The van der Waals surface area contributed by atoms with Gasteiger partial charge in [-0.2, -0.15) is 0 Å². The first-order valence-electron chi connectivity index (χ1n) is 11.0. The lowest BCUT2D eigenvalue weighted by molar-refractivity contribution is -0.136. The van der Waals surface area contributed by atoms with Crippen molar-refractivity contribution in [3.8, 4) is 0 Å². The van der Waals surface area contributed by atoms with E-state index in [9.17, 15) is 23.9 Å². The minimum absolute atomic E-state index is 0.0187. The average Bonchev–Trinajstić information content (AvgIpc) is 3.32. The first-order chi connectivity index (χ1) is 16.0. The van der Waals surface area contributed by atoms with Crippen LogP contribution in [-0.2, 0) is 19.1 Å². The maximum absolute atomic E-state index is 14.2. The number of rotatable bonds is 7. The zero-order chi connectivity index (χ0) is 25.0. The van der Waals surface area contributed by atoms with Gasteiger partial charge >= 0.3 is 12.1 Å². The predicted octanol–water partition coefficient (Wildman–Crippen LogP) is 1.60. The van der Waals surface area contributed by atoms with Crippen LogP contribution >= 0.6 is 0 Å². The Morgan fingerprint density at radius 3 is 2.68 bits per heavy atom. The number of β-amino-alcohol motifs (C(OH)–C–C–N with tert-alkyl or cyclic N) is 1. The summed E-state index contributed by atoms with van der Waals surface area (Å²) in [5.74, 6) is -1.70. The van der Waals surface area contributed by atoms with Gasteiger partial charge in [-0.05, 0) is 45.4 Å². The summed E-state index contributed by atoms with van der Waals surface area (Å²) < 4.78 is 24.3. The second kappa shape index (κ2) is 10.3. The Bertz CT molecular complexity index is 990. The normalized spacial score (nSPS) is 18.4. The van der Waals surface area contributed by atoms with Crippen molar-refractivity contribution in [3.63, 3.8) is 0 Å². The number of aliphatic hydroxyl groups excluding tert-OH is 1. The van der Waals surface area contributed by atoms with Gasteiger partial charge in [0.1, 0.15) is 17.1 Å². The van der Waals surface area contributed by atoms with E-state index in [0.717, 1.165) is 0 Å².